The third kappa shape index (κ3) is 5.13. The summed E-state index contributed by atoms with van der Waals surface area (Å²) in [5, 5.41) is 0.755. The van der Waals surface area contributed by atoms with Crippen molar-refractivity contribution in [3.63, 3.8) is 0 Å². The first kappa shape index (κ1) is 26.8. The number of halogens is 1. The minimum Gasteiger partial charge on any atom is -0.490 e. The molecule has 4 aromatic rings. The number of amides is 1. The van der Waals surface area contributed by atoms with E-state index in [4.69, 9.17) is 25.5 Å². The number of carbonyl (C=O) groups is 1. The van der Waals surface area contributed by atoms with Crippen LogP contribution < -0.4 is 19.8 Å². The fraction of sp³-hybridized carbons (Fsp3) is 0.312. The van der Waals surface area contributed by atoms with Crippen LogP contribution >= 0.6 is 11.6 Å². The Hall–Kier alpha value is -3.77. The summed E-state index contributed by atoms with van der Waals surface area (Å²) in [5.41, 5.74) is 2.86. The van der Waals surface area contributed by atoms with Crippen molar-refractivity contribution in [2.75, 3.05) is 18.1 Å². The number of ether oxygens (including phenoxy) is 2. The molecule has 6 nitrogen and oxygen atoms in total. The van der Waals surface area contributed by atoms with Crippen LogP contribution in [0.5, 0.6) is 11.5 Å². The van der Waals surface area contributed by atoms with E-state index >= 15 is 0 Å². The summed E-state index contributed by atoms with van der Waals surface area (Å²) in [6, 6.07) is 17.5. The van der Waals surface area contributed by atoms with Crippen molar-refractivity contribution in [3.8, 4) is 11.5 Å². The van der Waals surface area contributed by atoms with E-state index < -0.39 is 6.04 Å². The lowest BCUT2D eigenvalue weighted by atomic mass is 9.97. The van der Waals surface area contributed by atoms with Gasteiger partial charge in [0, 0.05) is 10.7 Å². The second-order valence-corrected chi connectivity index (χ2v) is 10.5. The van der Waals surface area contributed by atoms with Gasteiger partial charge in [-0.25, -0.2) is 0 Å². The number of nitrogens with zero attached hydrogens (tertiary/aromatic N) is 1. The van der Waals surface area contributed by atoms with Gasteiger partial charge in [-0.1, -0.05) is 50.6 Å². The standard InChI is InChI=1S/C32H32ClNO5/c1-5-20-7-11-23(12-8-20)34-29(21-9-13-26(27(17-21)37-6-2)38-16-15-19(3)4)28-30(35)24-18-22(33)10-14-25(24)39-31(28)32(34)36/h7-14,17-19,29H,5-6,15-16H2,1-4H3. The lowest BCUT2D eigenvalue weighted by Crippen LogP contribution is -2.29. The highest BCUT2D eigenvalue weighted by molar-refractivity contribution is 6.31. The van der Waals surface area contributed by atoms with Crippen LogP contribution in [0.2, 0.25) is 5.02 Å². The van der Waals surface area contributed by atoms with Gasteiger partial charge >= 0.3 is 0 Å². The average molecular weight is 546 g/mol. The van der Waals surface area contributed by atoms with Gasteiger partial charge < -0.3 is 13.9 Å². The minimum atomic E-state index is -0.719. The third-order valence-corrected chi connectivity index (χ3v) is 7.23. The van der Waals surface area contributed by atoms with Crippen molar-refractivity contribution >= 4 is 34.2 Å². The predicted octanol–water partition coefficient (Wildman–Crippen LogP) is 7.58. The number of carbonyl (C=O) groups excluding carboxylic acids is 1. The zero-order valence-electron chi connectivity index (χ0n) is 22.6. The Morgan fingerprint density at radius 3 is 2.41 bits per heavy atom. The van der Waals surface area contributed by atoms with Gasteiger partial charge in [0.15, 0.2) is 16.9 Å². The molecular formula is C32H32ClNO5. The topological polar surface area (TPSA) is 69.0 Å². The Labute approximate surface area is 233 Å². The number of rotatable bonds is 9. The number of aryl methyl sites for hydroxylation is 1. The highest BCUT2D eigenvalue weighted by Crippen LogP contribution is 2.43. The van der Waals surface area contributed by atoms with Gasteiger partial charge in [0.2, 0.25) is 5.76 Å². The molecule has 1 atom stereocenters. The van der Waals surface area contributed by atoms with E-state index in [-0.39, 0.29) is 22.7 Å². The molecule has 5 rings (SSSR count). The fourth-order valence-electron chi connectivity index (χ4n) is 4.91. The van der Waals surface area contributed by atoms with E-state index in [1.165, 1.54) is 0 Å². The van der Waals surface area contributed by atoms with E-state index in [2.05, 4.69) is 20.8 Å². The first-order valence-electron chi connectivity index (χ1n) is 13.4. The molecule has 1 aliphatic heterocycles. The van der Waals surface area contributed by atoms with Crippen LogP contribution in [0.4, 0.5) is 5.69 Å². The minimum absolute atomic E-state index is 0.0367. The van der Waals surface area contributed by atoms with E-state index in [0.29, 0.717) is 52.3 Å². The maximum absolute atomic E-state index is 13.9. The van der Waals surface area contributed by atoms with Crippen LogP contribution in [0.1, 0.15) is 67.4 Å². The van der Waals surface area contributed by atoms with Crippen molar-refractivity contribution in [1.29, 1.82) is 0 Å². The van der Waals surface area contributed by atoms with Crippen molar-refractivity contribution in [3.05, 3.63) is 98.4 Å². The fourth-order valence-corrected chi connectivity index (χ4v) is 5.08. The third-order valence-electron chi connectivity index (χ3n) is 6.99. The molecule has 0 fully saturated rings. The lowest BCUT2D eigenvalue weighted by molar-refractivity contribution is 0.0971. The van der Waals surface area contributed by atoms with E-state index in [0.717, 1.165) is 24.0 Å². The molecule has 2 heterocycles. The van der Waals surface area contributed by atoms with Crippen LogP contribution in [0, 0.1) is 5.92 Å². The van der Waals surface area contributed by atoms with Gasteiger partial charge in [-0.3, -0.25) is 14.5 Å². The molecule has 0 radical (unpaired) electrons. The number of benzene rings is 3. The van der Waals surface area contributed by atoms with E-state index in [1.54, 1.807) is 23.1 Å². The summed E-state index contributed by atoms with van der Waals surface area (Å²) >= 11 is 6.22. The maximum Gasteiger partial charge on any atom is 0.295 e. The Morgan fingerprint density at radius 2 is 1.72 bits per heavy atom. The molecule has 1 aliphatic rings. The molecule has 0 aliphatic carbocycles. The largest absolute Gasteiger partial charge is 0.490 e. The van der Waals surface area contributed by atoms with Gasteiger partial charge in [-0.05, 0) is 79.3 Å². The number of anilines is 1. The van der Waals surface area contributed by atoms with Crippen LogP contribution in [-0.2, 0) is 6.42 Å². The van der Waals surface area contributed by atoms with Crippen LogP contribution in [-0.4, -0.2) is 19.1 Å². The molecule has 39 heavy (non-hydrogen) atoms. The van der Waals surface area contributed by atoms with Crippen molar-refractivity contribution in [2.45, 2.75) is 46.6 Å². The summed E-state index contributed by atoms with van der Waals surface area (Å²) < 4.78 is 18.1. The molecule has 1 amide bonds. The smallest absolute Gasteiger partial charge is 0.295 e. The highest BCUT2D eigenvalue weighted by atomic mass is 35.5. The molecule has 1 aromatic heterocycles. The monoisotopic (exact) mass is 545 g/mol. The van der Waals surface area contributed by atoms with Crippen LogP contribution in [0.25, 0.3) is 11.0 Å². The number of fused-ring (bicyclic) bond motifs is 2. The maximum atomic E-state index is 13.9. The molecular weight excluding hydrogens is 514 g/mol. The van der Waals surface area contributed by atoms with Gasteiger partial charge in [-0.15, -0.1) is 0 Å². The van der Waals surface area contributed by atoms with Gasteiger partial charge in [0.05, 0.1) is 30.2 Å². The Balaban J connectivity index is 1.68. The van der Waals surface area contributed by atoms with Crippen molar-refractivity contribution in [2.24, 2.45) is 5.92 Å². The zero-order valence-corrected chi connectivity index (χ0v) is 23.4. The quantitative estimate of drug-likeness (QED) is 0.217. The van der Waals surface area contributed by atoms with Crippen molar-refractivity contribution in [1.82, 2.24) is 0 Å². The highest BCUT2D eigenvalue weighted by Gasteiger charge is 2.44. The van der Waals surface area contributed by atoms with Gasteiger partial charge in [-0.2, -0.15) is 0 Å². The second kappa shape index (κ2) is 11.1. The lowest BCUT2D eigenvalue weighted by Gasteiger charge is -2.26. The SMILES string of the molecule is CCOc1cc(C2c3c(oc4ccc(Cl)cc4c3=O)C(=O)N2c2ccc(CC)cc2)ccc1OCCC(C)C. The summed E-state index contributed by atoms with van der Waals surface area (Å²) in [6.07, 6.45) is 1.79. The van der Waals surface area contributed by atoms with Crippen LogP contribution in [0.3, 0.4) is 0 Å². The number of hydrogen-bond acceptors (Lipinski definition) is 5. The molecule has 0 spiro atoms. The first-order valence-corrected chi connectivity index (χ1v) is 13.8. The van der Waals surface area contributed by atoms with Gasteiger partial charge in [0.25, 0.3) is 5.91 Å². The second-order valence-electron chi connectivity index (χ2n) is 10.1. The molecule has 1 unspecified atom stereocenters. The molecule has 0 N–H and O–H groups in total. The Bertz CT molecular complexity index is 1570. The molecule has 0 saturated heterocycles. The Morgan fingerprint density at radius 1 is 0.949 bits per heavy atom. The van der Waals surface area contributed by atoms with Crippen LogP contribution in [0.15, 0.2) is 69.9 Å². The molecule has 7 heteroatoms. The average Bonchev–Trinajstić information content (AvgIpc) is 3.22. The summed E-state index contributed by atoms with van der Waals surface area (Å²) in [7, 11) is 0. The first-order chi connectivity index (χ1) is 18.8. The summed E-state index contributed by atoms with van der Waals surface area (Å²) in [5.74, 6) is 1.37. The number of hydrogen-bond donors (Lipinski definition) is 0. The molecule has 0 saturated carbocycles. The molecule has 3 aromatic carbocycles. The van der Waals surface area contributed by atoms with Gasteiger partial charge in [0.1, 0.15) is 5.58 Å². The molecule has 202 valence electrons. The summed E-state index contributed by atoms with van der Waals surface area (Å²) in [4.78, 5) is 29.4. The molecule has 0 bridgehead atoms. The normalized spacial score (nSPS) is 14.8. The van der Waals surface area contributed by atoms with Crippen molar-refractivity contribution < 1.29 is 18.7 Å². The van der Waals surface area contributed by atoms with E-state index in [1.807, 2.05) is 49.4 Å². The Kier molecular flexibility index (Phi) is 7.67. The van der Waals surface area contributed by atoms with E-state index in [9.17, 15) is 9.59 Å². The zero-order chi connectivity index (χ0) is 27.7. The summed E-state index contributed by atoms with van der Waals surface area (Å²) in [6.45, 7) is 9.29. The predicted molar refractivity (Wildman–Crippen MR) is 155 cm³/mol.